The molecule has 0 radical (unpaired) electrons. The molecular formula is C27H23N4O4S2+. The van der Waals surface area contributed by atoms with Gasteiger partial charge in [0.2, 0.25) is 5.52 Å². The van der Waals surface area contributed by atoms with Gasteiger partial charge >= 0.3 is 0 Å². The molecule has 8 nitrogen and oxygen atoms in total. The number of allylic oxidation sites excluding steroid dienone is 2. The molecule has 186 valence electrons. The molecule has 0 saturated heterocycles. The summed E-state index contributed by atoms with van der Waals surface area (Å²) >= 11 is 3.04. The predicted molar refractivity (Wildman–Crippen MR) is 149 cm³/mol. The number of hydrogen-bond donors (Lipinski definition) is 0. The Bertz CT molecular complexity index is 1600. The van der Waals surface area contributed by atoms with Crippen LogP contribution in [0.4, 0.5) is 17.1 Å². The van der Waals surface area contributed by atoms with E-state index in [1.54, 1.807) is 36.4 Å². The van der Waals surface area contributed by atoms with E-state index in [0.717, 1.165) is 42.0 Å². The number of anilines is 1. The summed E-state index contributed by atoms with van der Waals surface area (Å²) in [4.78, 5) is 24.9. The molecular weight excluding hydrogens is 508 g/mol. The quantitative estimate of drug-likeness (QED) is 0.144. The van der Waals surface area contributed by atoms with Crippen LogP contribution >= 0.6 is 23.1 Å². The first kappa shape index (κ1) is 24.7. The molecule has 5 rings (SSSR count). The molecule has 0 bridgehead atoms. The molecule has 0 saturated carbocycles. The number of nitro benzene ring substituents is 2. The average Bonchev–Trinajstić information content (AvgIpc) is 3.44. The fraction of sp³-hybridized carbons (Fsp3) is 0.148. The maximum absolute atomic E-state index is 11.3. The maximum Gasteiger partial charge on any atom is 0.271 e. The maximum atomic E-state index is 11.3. The van der Waals surface area contributed by atoms with Gasteiger partial charge in [0.05, 0.1) is 20.6 Å². The highest BCUT2D eigenvalue weighted by atomic mass is 32.2. The molecule has 0 fully saturated rings. The van der Waals surface area contributed by atoms with Crippen molar-refractivity contribution in [2.24, 2.45) is 0 Å². The van der Waals surface area contributed by atoms with Crippen LogP contribution in [0.5, 0.6) is 0 Å². The van der Waals surface area contributed by atoms with Crippen molar-refractivity contribution in [1.29, 1.82) is 0 Å². The number of non-ortho nitro benzene ring substituents is 2. The molecule has 0 N–H and O–H groups in total. The van der Waals surface area contributed by atoms with Crippen LogP contribution in [0.25, 0.3) is 21.9 Å². The molecule has 0 amide bonds. The van der Waals surface area contributed by atoms with Crippen LogP contribution in [0.1, 0.15) is 24.4 Å². The lowest BCUT2D eigenvalue weighted by atomic mass is 10.1. The Balaban J connectivity index is 1.64. The van der Waals surface area contributed by atoms with Crippen molar-refractivity contribution in [2.45, 2.75) is 25.3 Å². The van der Waals surface area contributed by atoms with Crippen molar-refractivity contribution in [2.75, 3.05) is 11.4 Å². The van der Waals surface area contributed by atoms with Gasteiger partial charge in [0.25, 0.3) is 16.4 Å². The number of hydrogen-bond acceptors (Lipinski definition) is 7. The van der Waals surface area contributed by atoms with Crippen LogP contribution < -0.4 is 9.47 Å². The summed E-state index contributed by atoms with van der Waals surface area (Å²) in [6.07, 6.45) is 4.23. The first-order valence-corrected chi connectivity index (χ1v) is 13.4. The lowest BCUT2D eigenvalue weighted by Gasteiger charge is -2.18. The second-order valence-corrected chi connectivity index (χ2v) is 10.4. The number of fused-ring (bicyclic) bond motifs is 2. The van der Waals surface area contributed by atoms with Crippen LogP contribution in [0.2, 0.25) is 0 Å². The predicted octanol–water partition coefficient (Wildman–Crippen LogP) is 7.04. The van der Waals surface area contributed by atoms with Crippen molar-refractivity contribution < 1.29 is 14.4 Å². The van der Waals surface area contributed by atoms with Crippen molar-refractivity contribution in [3.63, 3.8) is 0 Å². The molecule has 2 heterocycles. The first-order valence-electron chi connectivity index (χ1n) is 11.7. The van der Waals surface area contributed by atoms with Gasteiger partial charge in [0.15, 0.2) is 0 Å². The Morgan fingerprint density at radius 3 is 2.35 bits per heavy atom. The van der Waals surface area contributed by atoms with Crippen LogP contribution in [0.3, 0.4) is 0 Å². The third-order valence-electron chi connectivity index (χ3n) is 6.15. The van der Waals surface area contributed by atoms with Gasteiger partial charge in [0.1, 0.15) is 11.2 Å². The number of aromatic nitrogens is 1. The molecule has 0 atom stereocenters. The van der Waals surface area contributed by atoms with Crippen molar-refractivity contribution in [3.8, 4) is 0 Å². The zero-order valence-electron chi connectivity index (χ0n) is 20.2. The standard InChI is InChI=1S/C27H23N4O4S2/c1-3-28-22-12-10-20(30(32)33)16-24(22)36-26(28)14-19(18-8-6-5-7-9-18)15-27-29(4-2)23-13-11-21(31(34)35)17-25(23)37-27/h5-17H,3-4H2,1-2H3/q+1. The summed E-state index contributed by atoms with van der Waals surface area (Å²) in [6.45, 7) is 5.54. The fourth-order valence-corrected chi connectivity index (χ4v) is 6.81. The van der Waals surface area contributed by atoms with Gasteiger partial charge in [-0.3, -0.25) is 20.2 Å². The molecule has 1 aliphatic heterocycles. The number of aryl methyl sites for hydroxylation is 1. The lowest BCUT2D eigenvalue weighted by molar-refractivity contribution is -0.665. The highest BCUT2D eigenvalue weighted by Gasteiger charge is 2.27. The molecule has 4 aromatic rings. The van der Waals surface area contributed by atoms with Crippen molar-refractivity contribution >= 4 is 62.0 Å². The van der Waals surface area contributed by atoms with E-state index < -0.39 is 0 Å². The van der Waals surface area contributed by atoms with E-state index in [1.807, 2.05) is 30.3 Å². The van der Waals surface area contributed by atoms with Gasteiger partial charge in [-0.2, -0.15) is 4.57 Å². The number of thioether (sulfide) groups is 1. The van der Waals surface area contributed by atoms with E-state index in [9.17, 15) is 20.2 Å². The van der Waals surface area contributed by atoms with Crippen LogP contribution in [-0.4, -0.2) is 16.4 Å². The molecule has 3 aromatic carbocycles. The van der Waals surface area contributed by atoms with Crippen LogP contribution in [0.15, 0.2) is 82.7 Å². The zero-order chi connectivity index (χ0) is 26.1. The highest BCUT2D eigenvalue weighted by Crippen LogP contribution is 2.48. The molecule has 0 unspecified atom stereocenters. The molecule has 0 spiro atoms. The normalized spacial score (nSPS) is 14.4. The summed E-state index contributed by atoms with van der Waals surface area (Å²) < 4.78 is 3.01. The van der Waals surface area contributed by atoms with Gasteiger partial charge in [-0.1, -0.05) is 53.4 Å². The highest BCUT2D eigenvalue weighted by molar-refractivity contribution is 8.03. The van der Waals surface area contributed by atoms with Crippen LogP contribution in [-0.2, 0) is 6.54 Å². The number of nitro groups is 2. The fourth-order valence-electron chi connectivity index (χ4n) is 4.39. The minimum absolute atomic E-state index is 0.0748. The van der Waals surface area contributed by atoms with Crippen LogP contribution in [0, 0.1) is 20.2 Å². The summed E-state index contributed by atoms with van der Waals surface area (Å²) in [5.74, 6) is 0. The average molecular weight is 532 g/mol. The molecule has 37 heavy (non-hydrogen) atoms. The van der Waals surface area contributed by atoms with E-state index in [-0.39, 0.29) is 21.2 Å². The van der Waals surface area contributed by atoms with Crippen molar-refractivity contribution in [3.05, 3.63) is 109 Å². The second kappa shape index (κ2) is 10.2. The van der Waals surface area contributed by atoms with E-state index >= 15 is 0 Å². The van der Waals surface area contributed by atoms with Crippen molar-refractivity contribution in [1.82, 2.24) is 0 Å². The topological polar surface area (TPSA) is 93.4 Å². The molecule has 1 aliphatic rings. The number of nitrogens with zero attached hydrogens (tertiary/aromatic N) is 4. The third-order valence-corrected chi connectivity index (χ3v) is 8.34. The smallest absolute Gasteiger partial charge is 0.271 e. The van der Waals surface area contributed by atoms with E-state index in [0.29, 0.717) is 13.1 Å². The summed E-state index contributed by atoms with van der Waals surface area (Å²) in [5.41, 5.74) is 4.06. The monoisotopic (exact) mass is 531 g/mol. The van der Waals surface area contributed by atoms with Gasteiger partial charge < -0.3 is 4.90 Å². The Hall–Kier alpha value is -4.02. The Morgan fingerprint density at radius 2 is 1.68 bits per heavy atom. The van der Waals surface area contributed by atoms with E-state index in [1.165, 1.54) is 23.1 Å². The largest absolute Gasteiger partial charge is 0.335 e. The Labute approximate surface area is 221 Å². The number of thiazole rings is 1. The summed E-state index contributed by atoms with van der Waals surface area (Å²) in [6, 6.07) is 20.0. The van der Waals surface area contributed by atoms with Gasteiger partial charge in [0, 0.05) is 47.8 Å². The molecule has 0 aliphatic carbocycles. The van der Waals surface area contributed by atoms with E-state index in [2.05, 4.69) is 35.5 Å². The van der Waals surface area contributed by atoms with E-state index in [4.69, 9.17) is 0 Å². The Morgan fingerprint density at radius 1 is 0.973 bits per heavy atom. The molecule has 10 heteroatoms. The SMILES string of the molecule is CCN1C(=CC(=Cc2sc3cc([N+](=O)[O-])ccc3[n+]2CC)c2ccccc2)Sc2cc([N+](=O)[O-])ccc21. The number of benzene rings is 3. The minimum Gasteiger partial charge on any atom is -0.335 e. The van der Waals surface area contributed by atoms with Gasteiger partial charge in [-0.15, -0.1) is 0 Å². The summed E-state index contributed by atoms with van der Waals surface area (Å²) in [7, 11) is 0. The first-order chi connectivity index (χ1) is 17.9. The second-order valence-electron chi connectivity index (χ2n) is 8.30. The number of rotatable bonds is 7. The third kappa shape index (κ3) is 4.73. The Kier molecular flexibility index (Phi) is 6.77. The van der Waals surface area contributed by atoms with Gasteiger partial charge in [-0.25, -0.2) is 0 Å². The summed E-state index contributed by atoms with van der Waals surface area (Å²) in [5, 5.41) is 24.6. The van der Waals surface area contributed by atoms with Gasteiger partial charge in [-0.05, 0) is 37.1 Å². The minimum atomic E-state index is -0.372. The zero-order valence-corrected chi connectivity index (χ0v) is 21.8. The lowest BCUT2D eigenvalue weighted by Crippen LogP contribution is -2.33. The molecule has 1 aromatic heterocycles.